The van der Waals surface area contributed by atoms with Crippen LogP contribution in [-0.2, 0) is 0 Å². The Hall–Kier alpha value is -1.22. The quantitative estimate of drug-likeness (QED) is 0.841. The van der Waals surface area contributed by atoms with E-state index in [2.05, 4.69) is 5.32 Å². The number of methoxy groups -OCH3 is 1. The molecule has 0 radical (unpaired) electrons. The summed E-state index contributed by atoms with van der Waals surface area (Å²) in [6, 6.07) is 5.65. The lowest BCUT2D eigenvalue weighted by atomic mass is 9.80. The lowest BCUT2D eigenvalue weighted by Crippen LogP contribution is -2.35. The minimum atomic E-state index is -0.0607. The van der Waals surface area contributed by atoms with E-state index in [9.17, 15) is 4.79 Å². The molecule has 1 aliphatic carbocycles. The highest BCUT2D eigenvalue weighted by molar-refractivity contribution is 6.18. The minimum absolute atomic E-state index is 0.0607. The fraction of sp³-hybridized carbons (Fsp3) is 0.588. The Morgan fingerprint density at radius 3 is 2.71 bits per heavy atom. The van der Waals surface area contributed by atoms with Crippen molar-refractivity contribution in [2.24, 2.45) is 11.8 Å². The molecule has 4 heteroatoms. The zero-order chi connectivity index (χ0) is 15.2. The van der Waals surface area contributed by atoms with Crippen LogP contribution in [0.25, 0.3) is 0 Å². The molecule has 1 aliphatic rings. The molecule has 1 N–H and O–H groups in total. The Kier molecular flexibility index (Phi) is 5.92. The molecule has 0 aromatic heterocycles. The fourth-order valence-corrected chi connectivity index (χ4v) is 3.48. The molecule has 1 aromatic rings. The number of carbonyl (C=O) groups excluding carboxylic acids is 1. The first kappa shape index (κ1) is 16.2. The van der Waals surface area contributed by atoms with E-state index in [-0.39, 0.29) is 5.91 Å². The number of carbonyl (C=O) groups is 1. The zero-order valence-corrected chi connectivity index (χ0v) is 13.6. The van der Waals surface area contributed by atoms with Crippen molar-refractivity contribution in [2.45, 2.75) is 32.6 Å². The zero-order valence-electron chi connectivity index (χ0n) is 12.8. The van der Waals surface area contributed by atoms with Crippen molar-refractivity contribution in [3.63, 3.8) is 0 Å². The van der Waals surface area contributed by atoms with Gasteiger partial charge in [0.1, 0.15) is 5.75 Å². The lowest BCUT2D eigenvalue weighted by Gasteiger charge is -2.30. The molecular formula is C17H24ClNO2. The molecular weight excluding hydrogens is 286 g/mol. The van der Waals surface area contributed by atoms with Crippen LogP contribution < -0.4 is 10.1 Å². The van der Waals surface area contributed by atoms with Gasteiger partial charge in [0.05, 0.1) is 12.7 Å². The average Bonchev–Trinajstić information content (AvgIpc) is 2.52. The minimum Gasteiger partial charge on any atom is -0.496 e. The average molecular weight is 310 g/mol. The second-order valence-corrected chi connectivity index (χ2v) is 6.18. The van der Waals surface area contributed by atoms with Crippen molar-refractivity contribution in [1.29, 1.82) is 0 Å². The monoisotopic (exact) mass is 309 g/mol. The van der Waals surface area contributed by atoms with Gasteiger partial charge >= 0.3 is 0 Å². The third kappa shape index (κ3) is 4.13. The van der Waals surface area contributed by atoms with Gasteiger partial charge in [0.25, 0.3) is 5.91 Å². The molecule has 1 aromatic carbocycles. The largest absolute Gasteiger partial charge is 0.496 e. The van der Waals surface area contributed by atoms with Crippen LogP contribution in [0.3, 0.4) is 0 Å². The second-order valence-electron chi connectivity index (χ2n) is 5.87. The number of amides is 1. The molecule has 1 fully saturated rings. The van der Waals surface area contributed by atoms with E-state index in [0.29, 0.717) is 35.6 Å². The molecule has 0 bridgehead atoms. The van der Waals surface area contributed by atoms with E-state index in [0.717, 1.165) is 12.0 Å². The van der Waals surface area contributed by atoms with Crippen LogP contribution in [0.4, 0.5) is 0 Å². The van der Waals surface area contributed by atoms with Crippen LogP contribution in [-0.4, -0.2) is 25.4 Å². The summed E-state index contributed by atoms with van der Waals surface area (Å²) in [4.78, 5) is 12.4. The predicted octanol–water partition coefficient (Wildman–Crippen LogP) is 3.78. The molecule has 3 nitrogen and oxygen atoms in total. The molecule has 0 aliphatic heterocycles. The number of benzene rings is 1. The summed E-state index contributed by atoms with van der Waals surface area (Å²) in [7, 11) is 1.59. The molecule has 1 saturated carbocycles. The van der Waals surface area contributed by atoms with Gasteiger partial charge in [0.15, 0.2) is 0 Å². The van der Waals surface area contributed by atoms with Crippen LogP contribution in [0.1, 0.15) is 41.6 Å². The van der Waals surface area contributed by atoms with Gasteiger partial charge in [-0.3, -0.25) is 4.79 Å². The smallest absolute Gasteiger partial charge is 0.255 e. The summed E-state index contributed by atoms with van der Waals surface area (Å²) in [5.74, 6) is 2.27. The summed E-state index contributed by atoms with van der Waals surface area (Å²) >= 11 is 6.04. The normalized spacial score (nSPS) is 21.9. The van der Waals surface area contributed by atoms with Crippen molar-refractivity contribution >= 4 is 17.5 Å². The highest BCUT2D eigenvalue weighted by Gasteiger charge is 2.25. The van der Waals surface area contributed by atoms with Crippen molar-refractivity contribution in [3.05, 3.63) is 29.3 Å². The van der Waals surface area contributed by atoms with E-state index in [1.165, 1.54) is 19.3 Å². The van der Waals surface area contributed by atoms with Crippen molar-refractivity contribution in [2.75, 3.05) is 19.5 Å². The van der Waals surface area contributed by atoms with E-state index in [4.69, 9.17) is 16.3 Å². The summed E-state index contributed by atoms with van der Waals surface area (Å²) < 4.78 is 5.27. The molecule has 116 valence electrons. The summed E-state index contributed by atoms with van der Waals surface area (Å²) in [5, 5.41) is 3.06. The maximum Gasteiger partial charge on any atom is 0.255 e. The maximum atomic E-state index is 12.4. The standard InChI is InChI=1S/C17H24ClNO2/c1-12-7-8-16(21-2)15(9-12)17(20)19-11-14-6-4-3-5-13(14)10-18/h7-9,13-14H,3-6,10-11H2,1-2H3,(H,19,20). The number of ether oxygens (including phenoxy) is 1. The van der Waals surface area contributed by atoms with Crippen molar-refractivity contribution in [3.8, 4) is 5.75 Å². The topological polar surface area (TPSA) is 38.3 Å². The molecule has 0 spiro atoms. The SMILES string of the molecule is COc1ccc(C)cc1C(=O)NCC1CCCCC1CCl. The van der Waals surface area contributed by atoms with Crippen LogP contribution in [0, 0.1) is 18.8 Å². The van der Waals surface area contributed by atoms with Crippen LogP contribution in [0.15, 0.2) is 18.2 Å². The summed E-state index contributed by atoms with van der Waals surface area (Å²) in [6.45, 7) is 2.67. The third-order valence-corrected chi connectivity index (χ3v) is 4.79. The van der Waals surface area contributed by atoms with Gasteiger partial charge in [-0.1, -0.05) is 24.5 Å². The van der Waals surface area contributed by atoms with Gasteiger partial charge < -0.3 is 10.1 Å². The fourth-order valence-electron chi connectivity index (χ4n) is 3.07. The summed E-state index contributed by atoms with van der Waals surface area (Å²) in [5.41, 5.74) is 1.66. The molecule has 0 saturated heterocycles. The Balaban J connectivity index is 1.99. The van der Waals surface area contributed by atoms with Gasteiger partial charge in [0.2, 0.25) is 0 Å². The molecule has 2 atom stereocenters. The second kappa shape index (κ2) is 7.69. The van der Waals surface area contributed by atoms with Crippen LogP contribution >= 0.6 is 11.6 Å². The van der Waals surface area contributed by atoms with E-state index < -0.39 is 0 Å². The predicted molar refractivity (Wildman–Crippen MR) is 86.2 cm³/mol. The first-order chi connectivity index (χ1) is 10.2. The molecule has 2 unspecified atom stereocenters. The van der Waals surface area contributed by atoms with E-state index in [1.807, 2.05) is 25.1 Å². The Morgan fingerprint density at radius 1 is 1.33 bits per heavy atom. The van der Waals surface area contributed by atoms with Crippen LogP contribution in [0.5, 0.6) is 5.75 Å². The Labute approximate surface area is 132 Å². The highest BCUT2D eigenvalue weighted by Crippen LogP contribution is 2.30. The number of hydrogen-bond donors (Lipinski definition) is 1. The Bertz CT molecular complexity index is 490. The van der Waals surface area contributed by atoms with E-state index in [1.54, 1.807) is 7.11 Å². The number of hydrogen-bond acceptors (Lipinski definition) is 2. The maximum absolute atomic E-state index is 12.4. The molecule has 21 heavy (non-hydrogen) atoms. The van der Waals surface area contributed by atoms with Gasteiger partial charge in [-0.2, -0.15) is 0 Å². The van der Waals surface area contributed by atoms with Gasteiger partial charge in [-0.15, -0.1) is 11.6 Å². The molecule has 0 heterocycles. The summed E-state index contributed by atoms with van der Waals surface area (Å²) in [6.07, 6.45) is 4.83. The van der Waals surface area contributed by atoms with Gasteiger partial charge in [-0.05, 0) is 43.7 Å². The van der Waals surface area contributed by atoms with Gasteiger partial charge in [0, 0.05) is 12.4 Å². The van der Waals surface area contributed by atoms with Crippen molar-refractivity contribution in [1.82, 2.24) is 5.32 Å². The lowest BCUT2D eigenvalue weighted by molar-refractivity contribution is 0.0933. The van der Waals surface area contributed by atoms with Crippen molar-refractivity contribution < 1.29 is 9.53 Å². The first-order valence-electron chi connectivity index (χ1n) is 7.64. The third-order valence-electron chi connectivity index (χ3n) is 4.39. The highest BCUT2D eigenvalue weighted by atomic mass is 35.5. The molecule has 1 amide bonds. The first-order valence-corrected chi connectivity index (χ1v) is 8.18. The van der Waals surface area contributed by atoms with Crippen LogP contribution in [0.2, 0.25) is 0 Å². The number of aryl methyl sites for hydroxylation is 1. The Morgan fingerprint density at radius 2 is 2.05 bits per heavy atom. The number of nitrogens with one attached hydrogen (secondary N) is 1. The molecule has 2 rings (SSSR count). The van der Waals surface area contributed by atoms with E-state index >= 15 is 0 Å². The number of halogens is 1. The van der Waals surface area contributed by atoms with Gasteiger partial charge in [-0.25, -0.2) is 0 Å². The number of alkyl halides is 1. The number of rotatable bonds is 5.